The van der Waals surface area contributed by atoms with Crippen molar-refractivity contribution in [3.05, 3.63) is 71.3 Å². The molecule has 6 heteroatoms. The molecular weight excluding hydrogens is 404 g/mol. The Morgan fingerprint density at radius 2 is 2.16 bits per heavy atom. The van der Waals surface area contributed by atoms with Crippen LogP contribution in [-0.4, -0.2) is 30.0 Å². The Morgan fingerprint density at radius 1 is 1.39 bits per heavy atom. The van der Waals surface area contributed by atoms with Gasteiger partial charge in [-0.1, -0.05) is 36.4 Å². The van der Waals surface area contributed by atoms with Crippen LogP contribution in [0.5, 0.6) is 0 Å². The van der Waals surface area contributed by atoms with E-state index in [1.165, 1.54) is 24.5 Å². The van der Waals surface area contributed by atoms with Gasteiger partial charge in [0, 0.05) is 12.5 Å². The molecule has 0 saturated heterocycles. The minimum Gasteiger partial charge on any atom is -0.550 e. The van der Waals surface area contributed by atoms with Gasteiger partial charge < -0.3 is 14.6 Å². The van der Waals surface area contributed by atoms with E-state index in [1.54, 1.807) is 12.1 Å². The van der Waals surface area contributed by atoms with Crippen molar-refractivity contribution in [1.82, 2.24) is 4.90 Å². The van der Waals surface area contributed by atoms with Crippen LogP contribution in [0.15, 0.2) is 54.3 Å². The summed E-state index contributed by atoms with van der Waals surface area (Å²) >= 11 is 0. The number of carbonyl (C=O) groups excluding carboxylic acids is 1. The number of nitrogens with zero attached hydrogens (tertiary/aromatic N) is 1. The van der Waals surface area contributed by atoms with Gasteiger partial charge in [0.25, 0.3) is 0 Å². The number of carbonyl (C=O) groups is 1. The van der Waals surface area contributed by atoms with Crippen LogP contribution in [0.25, 0.3) is 0 Å². The molecule has 1 aromatic rings. The van der Waals surface area contributed by atoms with Crippen LogP contribution < -0.4 is 34.7 Å². The third-order valence-electron chi connectivity index (χ3n) is 5.83. The summed E-state index contributed by atoms with van der Waals surface area (Å²) in [5.74, 6) is 0.0777. The zero-order valence-corrected chi connectivity index (χ0v) is 20.7. The molecule has 1 aliphatic carbocycles. The molecular formula is C25H31FNNaO3. The topological polar surface area (TPSA) is 52.6 Å². The van der Waals surface area contributed by atoms with Gasteiger partial charge in [0.05, 0.1) is 6.04 Å². The van der Waals surface area contributed by atoms with Crippen LogP contribution in [0.2, 0.25) is 0 Å². The Hall–Kier alpha value is -1.40. The van der Waals surface area contributed by atoms with Crippen molar-refractivity contribution in [3.8, 4) is 0 Å². The van der Waals surface area contributed by atoms with E-state index in [4.69, 9.17) is 4.74 Å². The van der Waals surface area contributed by atoms with E-state index < -0.39 is 11.8 Å². The molecule has 0 bridgehead atoms. The normalized spacial score (nSPS) is 19.7. The Balaban J connectivity index is 0.00000341. The molecule has 0 radical (unpaired) electrons. The second-order valence-corrected chi connectivity index (χ2v) is 8.21. The second kappa shape index (κ2) is 12.6. The maximum atomic E-state index is 14.3. The predicted octanol–water partition coefficient (Wildman–Crippen LogP) is 0.919. The van der Waals surface area contributed by atoms with Crippen LogP contribution in [0.3, 0.4) is 0 Å². The zero-order chi connectivity index (χ0) is 21.5. The molecule has 4 nitrogen and oxygen atoms in total. The van der Waals surface area contributed by atoms with Crippen molar-refractivity contribution in [3.63, 3.8) is 0 Å². The maximum absolute atomic E-state index is 14.3. The van der Waals surface area contributed by atoms with E-state index in [-0.39, 0.29) is 55.0 Å². The first-order valence-electron chi connectivity index (χ1n) is 10.8. The predicted molar refractivity (Wildman–Crippen MR) is 114 cm³/mol. The molecule has 0 amide bonds. The van der Waals surface area contributed by atoms with Crippen molar-refractivity contribution in [2.45, 2.75) is 58.1 Å². The number of carboxylic acids is 1. The standard InChI is InChI=1S/C25H32FNO3.Na/c1-3-18-6-5-13-27(16-19-7-8-19)23(15-18)24(4-2)30-17-20-9-10-21(22(26)14-20)11-12-25(28)29;/h3-4,9-10,14-15,19,23H,1,5-8,11-13,16-17H2,2H3,(H,28,29);/q;+1/p-1/b24-4+;. The number of benzene rings is 1. The molecule has 1 aliphatic heterocycles. The fourth-order valence-electron chi connectivity index (χ4n) is 3.91. The Labute approximate surface area is 207 Å². The quantitative estimate of drug-likeness (QED) is 0.405. The van der Waals surface area contributed by atoms with Gasteiger partial charge in [-0.3, -0.25) is 4.90 Å². The maximum Gasteiger partial charge on any atom is 1.00 e. The number of aliphatic carboxylic acids is 1. The largest absolute Gasteiger partial charge is 1.00 e. The van der Waals surface area contributed by atoms with E-state index in [1.807, 2.05) is 19.1 Å². The molecule has 31 heavy (non-hydrogen) atoms. The molecule has 2 aliphatic rings. The summed E-state index contributed by atoms with van der Waals surface area (Å²) < 4.78 is 20.5. The van der Waals surface area contributed by atoms with E-state index in [2.05, 4.69) is 17.6 Å². The molecule has 1 saturated carbocycles. The summed E-state index contributed by atoms with van der Waals surface area (Å²) in [4.78, 5) is 13.1. The van der Waals surface area contributed by atoms with Gasteiger partial charge >= 0.3 is 29.6 Å². The van der Waals surface area contributed by atoms with Crippen molar-refractivity contribution in [1.29, 1.82) is 0 Å². The van der Waals surface area contributed by atoms with Crippen LogP contribution >= 0.6 is 0 Å². The Morgan fingerprint density at radius 3 is 2.77 bits per heavy atom. The van der Waals surface area contributed by atoms with Crippen molar-refractivity contribution in [2.24, 2.45) is 5.92 Å². The number of aryl methyl sites for hydroxylation is 1. The SMILES string of the molecule is C=CC1=CC(/C(=C\C)OCc2ccc(CCC(=O)[O-])c(F)c2)N(CC2CC2)CCC1.[Na+]. The van der Waals surface area contributed by atoms with Crippen LogP contribution in [0.4, 0.5) is 4.39 Å². The van der Waals surface area contributed by atoms with Gasteiger partial charge in [-0.15, -0.1) is 0 Å². The van der Waals surface area contributed by atoms with E-state index >= 15 is 0 Å². The first-order valence-corrected chi connectivity index (χ1v) is 10.8. The first-order chi connectivity index (χ1) is 14.5. The summed E-state index contributed by atoms with van der Waals surface area (Å²) in [7, 11) is 0. The van der Waals surface area contributed by atoms with E-state index in [9.17, 15) is 14.3 Å². The number of hydrogen-bond acceptors (Lipinski definition) is 4. The molecule has 1 aromatic carbocycles. The third-order valence-corrected chi connectivity index (χ3v) is 5.83. The average molecular weight is 436 g/mol. The second-order valence-electron chi connectivity index (χ2n) is 8.21. The Bertz CT molecular complexity index is 832. The third kappa shape index (κ3) is 7.90. The molecule has 0 spiro atoms. The van der Waals surface area contributed by atoms with Gasteiger partial charge in [-0.2, -0.15) is 0 Å². The van der Waals surface area contributed by atoms with Gasteiger partial charge in [0.15, 0.2) is 0 Å². The molecule has 1 heterocycles. The van der Waals surface area contributed by atoms with Crippen molar-refractivity contribution in [2.75, 3.05) is 13.1 Å². The fourth-order valence-corrected chi connectivity index (χ4v) is 3.91. The smallest absolute Gasteiger partial charge is 0.550 e. The Kier molecular flexibility index (Phi) is 10.5. The number of rotatable bonds is 10. The summed E-state index contributed by atoms with van der Waals surface area (Å²) in [5.41, 5.74) is 2.34. The van der Waals surface area contributed by atoms with Gasteiger partial charge in [0.2, 0.25) is 0 Å². The number of allylic oxidation sites excluding steroid dienone is 3. The number of halogens is 1. The minimum absolute atomic E-state index is 0. The van der Waals surface area contributed by atoms with Gasteiger partial charge in [-0.05, 0) is 81.2 Å². The molecule has 1 fully saturated rings. The van der Waals surface area contributed by atoms with Gasteiger partial charge in [-0.25, -0.2) is 4.39 Å². The molecule has 1 unspecified atom stereocenters. The summed E-state index contributed by atoms with van der Waals surface area (Å²) in [6.07, 6.45) is 10.9. The monoisotopic (exact) mass is 435 g/mol. The van der Waals surface area contributed by atoms with Crippen LogP contribution in [-0.2, 0) is 22.6 Å². The molecule has 1 atom stereocenters. The molecule has 162 valence electrons. The fraction of sp³-hybridized carbons (Fsp3) is 0.480. The first kappa shape index (κ1) is 25.9. The van der Waals surface area contributed by atoms with Crippen LogP contribution in [0, 0.1) is 11.7 Å². The molecule has 3 rings (SSSR count). The van der Waals surface area contributed by atoms with E-state index in [0.717, 1.165) is 43.2 Å². The molecule has 0 N–H and O–H groups in total. The van der Waals surface area contributed by atoms with Crippen molar-refractivity contribution < 1.29 is 48.6 Å². The summed E-state index contributed by atoms with van der Waals surface area (Å²) in [5, 5.41) is 10.6. The number of ether oxygens (including phenoxy) is 1. The number of carboxylic acid groups (broad SMARTS) is 1. The molecule has 0 aromatic heterocycles. The summed E-state index contributed by atoms with van der Waals surface area (Å²) in [6.45, 7) is 8.29. The van der Waals surface area contributed by atoms with E-state index in [0.29, 0.717) is 5.56 Å². The summed E-state index contributed by atoms with van der Waals surface area (Å²) in [6, 6.07) is 4.92. The number of hydrogen-bond donors (Lipinski definition) is 0. The minimum atomic E-state index is -1.18. The van der Waals surface area contributed by atoms with Crippen LogP contribution in [0.1, 0.15) is 50.2 Å². The zero-order valence-electron chi connectivity index (χ0n) is 18.7. The van der Waals surface area contributed by atoms with Crippen molar-refractivity contribution >= 4 is 5.97 Å². The van der Waals surface area contributed by atoms with Gasteiger partial charge in [0.1, 0.15) is 18.2 Å². The average Bonchev–Trinajstić information content (AvgIpc) is 3.56.